The molecule has 2 aromatic rings. The molecular weight excluding hydrogens is 382 g/mol. The third-order valence-corrected chi connectivity index (χ3v) is 5.51. The number of carbonyl (C=O) groups excluding carboxylic acids is 2. The number of ether oxygens (including phenoxy) is 2. The highest BCUT2D eigenvalue weighted by Gasteiger charge is 2.13. The van der Waals surface area contributed by atoms with Gasteiger partial charge in [0.2, 0.25) is 0 Å². The van der Waals surface area contributed by atoms with Crippen LogP contribution in [0.25, 0.3) is 0 Å². The van der Waals surface area contributed by atoms with Gasteiger partial charge in [0.25, 0.3) is 5.91 Å². The molecule has 0 saturated heterocycles. The molecule has 0 radical (unpaired) electrons. The topological polar surface area (TPSA) is 55.8 Å². The van der Waals surface area contributed by atoms with Crippen molar-refractivity contribution in [3.8, 4) is 5.75 Å². The highest BCUT2D eigenvalue weighted by Crippen LogP contribution is 2.21. The van der Waals surface area contributed by atoms with Crippen LogP contribution in [0.5, 0.6) is 5.75 Å². The number of hydrogen-bond acceptors (Lipinski definition) is 6. The van der Waals surface area contributed by atoms with Crippen LogP contribution < -0.4 is 4.74 Å². The van der Waals surface area contributed by atoms with Crippen molar-refractivity contribution >= 4 is 35.4 Å². The molecule has 0 aromatic heterocycles. The summed E-state index contributed by atoms with van der Waals surface area (Å²) in [7, 11) is 3.30. The van der Waals surface area contributed by atoms with Crippen molar-refractivity contribution in [1.29, 1.82) is 0 Å². The van der Waals surface area contributed by atoms with Crippen molar-refractivity contribution in [3.63, 3.8) is 0 Å². The lowest BCUT2D eigenvalue weighted by Gasteiger charge is -2.17. The van der Waals surface area contributed by atoms with E-state index in [0.717, 1.165) is 16.2 Å². The highest BCUT2D eigenvalue weighted by molar-refractivity contribution is 8.00. The average Bonchev–Trinajstić information content (AvgIpc) is 2.71. The Labute approximate surface area is 168 Å². The first-order valence-electron chi connectivity index (χ1n) is 8.31. The Morgan fingerprint density at radius 3 is 2.22 bits per heavy atom. The van der Waals surface area contributed by atoms with Gasteiger partial charge < -0.3 is 14.4 Å². The smallest absolute Gasteiger partial charge is 0.316 e. The normalized spacial score (nSPS) is 10.3. The number of hydrogen-bond donors (Lipinski definition) is 0. The number of esters is 1. The summed E-state index contributed by atoms with van der Waals surface area (Å²) in [5.41, 5.74) is 1.03. The standard InChI is InChI=1S/C20H23NO4S2/c1-21(12-15-4-8-17(26-3)9-5-15)19(22)13-25-20(23)14-27-18-10-6-16(24-2)7-11-18/h4-11H,12-14H2,1-3H3. The molecule has 0 aliphatic carbocycles. The summed E-state index contributed by atoms with van der Waals surface area (Å²) in [6.45, 7) is 0.229. The number of thioether (sulfide) groups is 2. The minimum Gasteiger partial charge on any atom is -0.497 e. The van der Waals surface area contributed by atoms with Gasteiger partial charge in [-0.25, -0.2) is 0 Å². The van der Waals surface area contributed by atoms with Crippen molar-refractivity contribution in [1.82, 2.24) is 4.90 Å². The number of amides is 1. The molecule has 0 fully saturated rings. The van der Waals surface area contributed by atoms with Crippen molar-refractivity contribution in [2.45, 2.75) is 16.3 Å². The predicted molar refractivity (Wildman–Crippen MR) is 109 cm³/mol. The van der Waals surface area contributed by atoms with E-state index in [4.69, 9.17) is 9.47 Å². The molecule has 0 unspecified atom stereocenters. The molecule has 7 heteroatoms. The van der Waals surface area contributed by atoms with Gasteiger partial charge in [-0.3, -0.25) is 9.59 Å². The maximum atomic E-state index is 12.1. The number of nitrogens with zero attached hydrogens (tertiary/aromatic N) is 1. The first kappa shape index (κ1) is 21.2. The average molecular weight is 406 g/mol. The SMILES string of the molecule is COc1ccc(SCC(=O)OCC(=O)N(C)Cc2ccc(SC)cc2)cc1. The van der Waals surface area contributed by atoms with Crippen LogP contribution in [0.4, 0.5) is 0 Å². The first-order chi connectivity index (χ1) is 13.0. The quantitative estimate of drug-likeness (QED) is 0.468. The van der Waals surface area contributed by atoms with Gasteiger partial charge in [-0.2, -0.15) is 0 Å². The summed E-state index contributed by atoms with van der Waals surface area (Å²) >= 11 is 3.03. The molecule has 0 N–H and O–H groups in total. The van der Waals surface area contributed by atoms with Crippen LogP contribution >= 0.6 is 23.5 Å². The van der Waals surface area contributed by atoms with Crippen LogP contribution in [0, 0.1) is 0 Å². The number of carbonyl (C=O) groups is 2. The van der Waals surface area contributed by atoms with Gasteiger partial charge in [-0.05, 0) is 48.2 Å². The maximum Gasteiger partial charge on any atom is 0.316 e. The third-order valence-electron chi connectivity index (χ3n) is 3.78. The molecule has 0 spiro atoms. The fourth-order valence-corrected chi connectivity index (χ4v) is 3.31. The van der Waals surface area contributed by atoms with Gasteiger partial charge in [-0.1, -0.05) is 12.1 Å². The molecule has 2 rings (SSSR count). The van der Waals surface area contributed by atoms with E-state index >= 15 is 0 Å². The van der Waals surface area contributed by atoms with Gasteiger partial charge in [0, 0.05) is 23.4 Å². The van der Waals surface area contributed by atoms with Crippen LogP contribution in [-0.2, 0) is 20.9 Å². The van der Waals surface area contributed by atoms with Crippen LogP contribution in [0.15, 0.2) is 58.3 Å². The monoisotopic (exact) mass is 405 g/mol. The molecule has 0 aliphatic rings. The van der Waals surface area contributed by atoms with Gasteiger partial charge in [0.15, 0.2) is 6.61 Å². The summed E-state index contributed by atoms with van der Waals surface area (Å²) in [4.78, 5) is 27.7. The highest BCUT2D eigenvalue weighted by atomic mass is 32.2. The molecule has 144 valence electrons. The van der Waals surface area contributed by atoms with E-state index in [1.165, 1.54) is 16.7 Å². The van der Waals surface area contributed by atoms with E-state index in [1.807, 2.05) is 54.8 Å². The Morgan fingerprint density at radius 1 is 1.00 bits per heavy atom. The Hall–Kier alpha value is -2.12. The van der Waals surface area contributed by atoms with Gasteiger partial charge in [-0.15, -0.1) is 23.5 Å². The van der Waals surface area contributed by atoms with Gasteiger partial charge in [0.05, 0.1) is 12.9 Å². The summed E-state index contributed by atoms with van der Waals surface area (Å²) in [6, 6.07) is 15.4. The van der Waals surface area contributed by atoms with Crippen molar-refractivity contribution < 1.29 is 19.1 Å². The molecule has 0 atom stereocenters. The lowest BCUT2D eigenvalue weighted by molar-refractivity contribution is -0.149. The fourth-order valence-electron chi connectivity index (χ4n) is 2.20. The first-order valence-corrected chi connectivity index (χ1v) is 10.5. The zero-order chi connectivity index (χ0) is 19.6. The summed E-state index contributed by atoms with van der Waals surface area (Å²) in [5.74, 6) is 0.270. The number of methoxy groups -OCH3 is 1. The third kappa shape index (κ3) is 7.19. The molecule has 0 bridgehead atoms. The molecule has 1 amide bonds. The van der Waals surface area contributed by atoms with Crippen molar-refractivity contribution in [2.24, 2.45) is 0 Å². The Balaban J connectivity index is 1.71. The fraction of sp³-hybridized carbons (Fsp3) is 0.300. The summed E-state index contributed by atoms with van der Waals surface area (Å²) in [6.07, 6.45) is 2.02. The van der Waals surface area contributed by atoms with Gasteiger partial charge in [0.1, 0.15) is 5.75 Å². The summed E-state index contributed by atoms with van der Waals surface area (Å²) in [5, 5.41) is 0. The second-order valence-electron chi connectivity index (χ2n) is 5.72. The lowest BCUT2D eigenvalue weighted by Crippen LogP contribution is -2.31. The van der Waals surface area contributed by atoms with Gasteiger partial charge >= 0.3 is 5.97 Å². The lowest BCUT2D eigenvalue weighted by atomic mass is 10.2. The zero-order valence-corrected chi connectivity index (χ0v) is 17.3. The van der Waals surface area contributed by atoms with Crippen LogP contribution in [-0.4, -0.2) is 49.5 Å². The number of benzene rings is 2. The Bertz CT molecular complexity index is 748. The molecule has 0 heterocycles. The van der Waals surface area contributed by atoms with Crippen LogP contribution in [0.2, 0.25) is 0 Å². The van der Waals surface area contributed by atoms with E-state index in [9.17, 15) is 9.59 Å². The molecule has 5 nitrogen and oxygen atoms in total. The van der Waals surface area contributed by atoms with E-state index in [-0.39, 0.29) is 18.3 Å². The molecule has 0 saturated carbocycles. The molecule has 2 aromatic carbocycles. The van der Waals surface area contributed by atoms with E-state index in [2.05, 4.69) is 0 Å². The molecular formula is C20H23NO4S2. The maximum absolute atomic E-state index is 12.1. The number of rotatable bonds is 9. The van der Waals surface area contributed by atoms with E-state index in [1.54, 1.807) is 30.8 Å². The largest absolute Gasteiger partial charge is 0.497 e. The predicted octanol–water partition coefficient (Wildman–Crippen LogP) is 3.71. The minimum absolute atomic E-state index is 0.152. The second kappa shape index (κ2) is 10.9. The van der Waals surface area contributed by atoms with Crippen molar-refractivity contribution in [2.75, 3.05) is 32.8 Å². The second-order valence-corrected chi connectivity index (χ2v) is 7.65. The number of likely N-dealkylation sites (N-methyl/N-ethyl adjacent to an activating group) is 1. The van der Waals surface area contributed by atoms with Crippen LogP contribution in [0.1, 0.15) is 5.56 Å². The van der Waals surface area contributed by atoms with E-state index < -0.39 is 5.97 Å². The molecule has 0 aliphatic heterocycles. The van der Waals surface area contributed by atoms with Crippen molar-refractivity contribution in [3.05, 3.63) is 54.1 Å². The van der Waals surface area contributed by atoms with Crippen LogP contribution in [0.3, 0.4) is 0 Å². The minimum atomic E-state index is -0.415. The molecule has 27 heavy (non-hydrogen) atoms. The zero-order valence-electron chi connectivity index (χ0n) is 15.6. The Morgan fingerprint density at radius 2 is 1.63 bits per heavy atom. The van der Waals surface area contributed by atoms with E-state index in [0.29, 0.717) is 6.54 Å². The Kier molecular flexibility index (Phi) is 8.54. The summed E-state index contributed by atoms with van der Waals surface area (Å²) < 4.78 is 10.2.